The van der Waals surface area contributed by atoms with Crippen LogP contribution in [-0.2, 0) is 17.8 Å². The van der Waals surface area contributed by atoms with Crippen LogP contribution in [0.5, 0.6) is 0 Å². The standard InChI is InChI=1S/C15H24N2O3S/c1-5-11-7-9-21-12(11)10-16-14(20)17(15(2,3)4)8-6-13(18)19/h7,9H,5-6,8,10H2,1-4H3,(H,16,20)(H,18,19). The molecule has 1 heterocycles. The molecule has 6 heteroatoms. The number of carbonyl (C=O) groups is 2. The summed E-state index contributed by atoms with van der Waals surface area (Å²) in [5, 5.41) is 13.7. The van der Waals surface area contributed by atoms with Gasteiger partial charge in [0.1, 0.15) is 0 Å². The van der Waals surface area contributed by atoms with Crippen LogP contribution in [0.15, 0.2) is 11.4 Å². The lowest BCUT2D eigenvalue weighted by molar-refractivity contribution is -0.137. The Bertz CT molecular complexity index is 491. The summed E-state index contributed by atoms with van der Waals surface area (Å²) in [5.74, 6) is -0.899. The number of hydrogen-bond acceptors (Lipinski definition) is 3. The number of nitrogens with one attached hydrogen (secondary N) is 1. The quantitative estimate of drug-likeness (QED) is 0.848. The summed E-state index contributed by atoms with van der Waals surface area (Å²) in [6, 6.07) is 1.84. The molecule has 21 heavy (non-hydrogen) atoms. The molecule has 5 nitrogen and oxygen atoms in total. The zero-order chi connectivity index (χ0) is 16.0. The molecule has 0 radical (unpaired) electrons. The van der Waals surface area contributed by atoms with Crippen molar-refractivity contribution < 1.29 is 14.7 Å². The fraction of sp³-hybridized carbons (Fsp3) is 0.600. The third-order valence-electron chi connectivity index (χ3n) is 3.22. The van der Waals surface area contributed by atoms with Crippen LogP contribution in [-0.4, -0.2) is 34.1 Å². The first-order valence-corrected chi connectivity index (χ1v) is 7.96. The highest BCUT2D eigenvalue weighted by Crippen LogP contribution is 2.18. The number of carboxylic acid groups (broad SMARTS) is 1. The van der Waals surface area contributed by atoms with Gasteiger partial charge in [-0.15, -0.1) is 11.3 Å². The summed E-state index contributed by atoms with van der Waals surface area (Å²) in [6.07, 6.45) is 0.889. The second kappa shape index (κ2) is 7.45. The lowest BCUT2D eigenvalue weighted by atomic mass is 10.1. The van der Waals surface area contributed by atoms with Crippen LogP contribution in [0, 0.1) is 0 Å². The summed E-state index contributed by atoms with van der Waals surface area (Å²) < 4.78 is 0. The molecule has 0 saturated carbocycles. The minimum absolute atomic E-state index is 0.0517. The van der Waals surface area contributed by atoms with Gasteiger partial charge in [-0.1, -0.05) is 6.92 Å². The topological polar surface area (TPSA) is 69.6 Å². The van der Waals surface area contributed by atoms with E-state index in [0.29, 0.717) is 6.54 Å². The van der Waals surface area contributed by atoms with Crippen LogP contribution in [0.4, 0.5) is 4.79 Å². The maximum atomic E-state index is 12.3. The van der Waals surface area contributed by atoms with E-state index in [4.69, 9.17) is 5.11 Å². The van der Waals surface area contributed by atoms with E-state index >= 15 is 0 Å². The first kappa shape index (κ1) is 17.5. The molecule has 1 aromatic heterocycles. The van der Waals surface area contributed by atoms with E-state index in [1.807, 2.05) is 26.2 Å². The van der Waals surface area contributed by atoms with E-state index < -0.39 is 11.5 Å². The number of thiophene rings is 1. The molecule has 0 aliphatic rings. The smallest absolute Gasteiger partial charge is 0.318 e. The highest BCUT2D eigenvalue weighted by atomic mass is 32.1. The number of carboxylic acids is 1. The summed E-state index contributed by atoms with van der Waals surface area (Å²) in [4.78, 5) is 25.8. The highest BCUT2D eigenvalue weighted by molar-refractivity contribution is 7.10. The predicted octanol–water partition coefficient (Wildman–Crippen LogP) is 3.10. The summed E-state index contributed by atoms with van der Waals surface area (Å²) in [5.41, 5.74) is 0.830. The van der Waals surface area contributed by atoms with Gasteiger partial charge in [-0.05, 0) is 44.2 Å². The van der Waals surface area contributed by atoms with Gasteiger partial charge in [0.15, 0.2) is 0 Å². The molecular formula is C15H24N2O3S. The van der Waals surface area contributed by atoms with Crippen LogP contribution in [0.2, 0.25) is 0 Å². The normalized spacial score (nSPS) is 11.2. The maximum Gasteiger partial charge on any atom is 0.318 e. The Morgan fingerprint density at radius 3 is 2.57 bits per heavy atom. The Hall–Kier alpha value is -1.56. The third-order valence-corrected chi connectivity index (χ3v) is 4.19. The zero-order valence-corrected chi connectivity index (χ0v) is 13.9. The molecule has 0 aliphatic carbocycles. The number of rotatable bonds is 6. The van der Waals surface area contributed by atoms with Gasteiger partial charge < -0.3 is 15.3 Å². The number of aliphatic carboxylic acids is 1. The molecule has 2 N–H and O–H groups in total. The van der Waals surface area contributed by atoms with Crippen molar-refractivity contribution in [1.29, 1.82) is 0 Å². The Labute approximate surface area is 130 Å². The Kier molecular flexibility index (Phi) is 6.20. The van der Waals surface area contributed by atoms with E-state index in [2.05, 4.69) is 18.3 Å². The van der Waals surface area contributed by atoms with Crippen molar-refractivity contribution in [2.45, 2.75) is 52.6 Å². The average molecular weight is 312 g/mol. The monoisotopic (exact) mass is 312 g/mol. The van der Waals surface area contributed by atoms with E-state index in [1.54, 1.807) is 16.2 Å². The molecule has 1 aromatic rings. The minimum atomic E-state index is -0.899. The summed E-state index contributed by atoms with van der Waals surface area (Å²) >= 11 is 1.63. The number of urea groups is 1. The molecule has 0 bridgehead atoms. The van der Waals surface area contributed by atoms with Crippen molar-refractivity contribution in [1.82, 2.24) is 10.2 Å². The Morgan fingerprint density at radius 2 is 2.05 bits per heavy atom. The molecule has 118 valence electrons. The van der Waals surface area contributed by atoms with Crippen molar-refractivity contribution in [3.8, 4) is 0 Å². The van der Waals surface area contributed by atoms with Gasteiger partial charge >= 0.3 is 12.0 Å². The van der Waals surface area contributed by atoms with Crippen molar-refractivity contribution in [2.24, 2.45) is 0 Å². The second-order valence-electron chi connectivity index (χ2n) is 5.85. The Morgan fingerprint density at radius 1 is 1.38 bits per heavy atom. The average Bonchev–Trinajstić information content (AvgIpc) is 2.81. The molecule has 0 saturated heterocycles. The molecule has 0 spiro atoms. The van der Waals surface area contributed by atoms with Crippen molar-refractivity contribution in [2.75, 3.05) is 6.54 Å². The molecule has 0 unspecified atom stereocenters. The van der Waals surface area contributed by atoms with Crippen LogP contribution < -0.4 is 5.32 Å². The van der Waals surface area contributed by atoms with Gasteiger partial charge in [0.05, 0.1) is 13.0 Å². The van der Waals surface area contributed by atoms with Crippen LogP contribution in [0.25, 0.3) is 0 Å². The molecule has 0 atom stereocenters. The van der Waals surface area contributed by atoms with E-state index in [1.165, 1.54) is 5.56 Å². The summed E-state index contributed by atoms with van der Waals surface area (Å²) in [6.45, 7) is 8.47. The minimum Gasteiger partial charge on any atom is -0.481 e. The first-order chi connectivity index (χ1) is 9.75. The fourth-order valence-corrected chi connectivity index (χ4v) is 2.95. The van der Waals surface area contributed by atoms with Crippen LogP contribution >= 0.6 is 11.3 Å². The predicted molar refractivity (Wildman–Crippen MR) is 84.6 cm³/mol. The van der Waals surface area contributed by atoms with Gasteiger partial charge in [0.2, 0.25) is 0 Å². The SMILES string of the molecule is CCc1ccsc1CNC(=O)N(CCC(=O)O)C(C)(C)C. The number of nitrogens with zero attached hydrogens (tertiary/aromatic N) is 1. The third kappa shape index (κ3) is 5.38. The van der Waals surface area contributed by atoms with Crippen LogP contribution in [0.1, 0.15) is 44.6 Å². The Balaban J connectivity index is 2.66. The molecular weight excluding hydrogens is 288 g/mol. The number of amides is 2. The maximum absolute atomic E-state index is 12.3. The lowest BCUT2D eigenvalue weighted by Crippen LogP contribution is -2.50. The largest absolute Gasteiger partial charge is 0.481 e. The molecule has 1 rings (SSSR count). The molecule has 0 fully saturated rings. The van der Waals surface area contributed by atoms with Gasteiger partial charge in [-0.2, -0.15) is 0 Å². The van der Waals surface area contributed by atoms with Gasteiger partial charge in [0, 0.05) is 17.0 Å². The van der Waals surface area contributed by atoms with E-state index in [0.717, 1.165) is 11.3 Å². The number of aryl methyl sites for hydroxylation is 1. The van der Waals surface area contributed by atoms with Gasteiger partial charge in [-0.25, -0.2) is 4.79 Å². The fourth-order valence-electron chi connectivity index (χ4n) is 2.04. The second-order valence-corrected chi connectivity index (χ2v) is 6.85. The number of hydrogen-bond donors (Lipinski definition) is 2. The van der Waals surface area contributed by atoms with Gasteiger partial charge in [0.25, 0.3) is 0 Å². The lowest BCUT2D eigenvalue weighted by Gasteiger charge is -2.35. The number of carbonyl (C=O) groups excluding carboxylic acids is 1. The molecule has 0 aromatic carbocycles. The van der Waals surface area contributed by atoms with E-state index in [-0.39, 0.29) is 19.0 Å². The molecule has 2 amide bonds. The molecule has 0 aliphatic heterocycles. The summed E-state index contributed by atoms with van der Waals surface area (Å²) in [7, 11) is 0. The van der Waals surface area contributed by atoms with Crippen molar-refractivity contribution in [3.05, 3.63) is 21.9 Å². The zero-order valence-electron chi connectivity index (χ0n) is 13.1. The van der Waals surface area contributed by atoms with Crippen LogP contribution in [0.3, 0.4) is 0 Å². The first-order valence-electron chi connectivity index (χ1n) is 7.08. The van der Waals surface area contributed by atoms with Gasteiger partial charge in [-0.3, -0.25) is 4.79 Å². The van der Waals surface area contributed by atoms with Crippen molar-refractivity contribution in [3.63, 3.8) is 0 Å². The highest BCUT2D eigenvalue weighted by Gasteiger charge is 2.26. The van der Waals surface area contributed by atoms with Crippen molar-refractivity contribution >= 4 is 23.3 Å². The van der Waals surface area contributed by atoms with E-state index in [9.17, 15) is 9.59 Å².